The standard InChI is InChI=1S/C30H30F5N9O4/c1-5-19-25(42-6-8-43(9-7-42)29(48)24-26(46)15(2)37-14-38-24)27(47)23-28(36-12-20(39-23)41(3)4)44(19)13-21(45)40-22-17(31)10-16(11-18(22)32)30(33,34)35/h10-12,14,46H,5-9,13H2,1-4H3,(H,40,45). The van der Waals surface area contributed by atoms with Crippen LogP contribution in [0.1, 0.15) is 34.4 Å². The maximum absolute atomic E-state index is 14.6. The van der Waals surface area contributed by atoms with Crippen LogP contribution in [-0.4, -0.2) is 86.6 Å². The molecule has 5 rings (SSSR count). The van der Waals surface area contributed by atoms with E-state index < -0.39 is 52.8 Å². The van der Waals surface area contributed by atoms with Crippen LogP contribution in [0.4, 0.5) is 39.1 Å². The molecular weight excluding hydrogens is 645 g/mol. The molecule has 18 heteroatoms. The molecule has 0 atom stereocenters. The third-order valence-corrected chi connectivity index (χ3v) is 7.85. The minimum Gasteiger partial charge on any atom is -0.504 e. The monoisotopic (exact) mass is 675 g/mol. The van der Waals surface area contributed by atoms with Crippen LogP contribution in [0.25, 0.3) is 11.2 Å². The van der Waals surface area contributed by atoms with Gasteiger partial charge in [-0.1, -0.05) is 6.92 Å². The Morgan fingerprint density at radius 1 is 1.04 bits per heavy atom. The molecule has 48 heavy (non-hydrogen) atoms. The van der Waals surface area contributed by atoms with Crippen molar-refractivity contribution in [2.45, 2.75) is 33.0 Å². The molecule has 4 heterocycles. The van der Waals surface area contributed by atoms with Crippen molar-refractivity contribution < 1.29 is 36.6 Å². The molecule has 1 aromatic carbocycles. The van der Waals surface area contributed by atoms with Crippen LogP contribution in [0.2, 0.25) is 0 Å². The van der Waals surface area contributed by atoms with E-state index in [1.807, 2.05) is 5.32 Å². The summed E-state index contributed by atoms with van der Waals surface area (Å²) in [5.41, 5.74) is -2.65. The Morgan fingerprint density at radius 2 is 1.69 bits per heavy atom. The number of alkyl halides is 3. The summed E-state index contributed by atoms with van der Waals surface area (Å²) in [6.45, 7) is 3.22. The van der Waals surface area contributed by atoms with E-state index in [1.165, 1.54) is 28.9 Å². The molecule has 0 saturated carbocycles. The summed E-state index contributed by atoms with van der Waals surface area (Å²) in [7, 11) is 3.37. The van der Waals surface area contributed by atoms with E-state index in [2.05, 4.69) is 19.9 Å². The minimum absolute atomic E-state index is 0.00173. The highest BCUT2D eigenvalue weighted by atomic mass is 19.4. The molecule has 1 fully saturated rings. The zero-order valence-electron chi connectivity index (χ0n) is 26.2. The van der Waals surface area contributed by atoms with Crippen molar-refractivity contribution in [2.24, 2.45) is 0 Å². The third kappa shape index (κ3) is 6.41. The highest BCUT2D eigenvalue weighted by Gasteiger charge is 2.34. The number of benzene rings is 1. The predicted octanol–water partition coefficient (Wildman–Crippen LogP) is 3.12. The van der Waals surface area contributed by atoms with Crippen LogP contribution in [-0.2, 0) is 23.9 Å². The molecule has 2 amide bonds. The Bertz CT molecular complexity index is 1950. The molecule has 0 unspecified atom stereocenters. The van der Waals surface area contributed by atoms with E-state index in [9.17, 15) is 41.4 Å². The molecule has 0 radical (unpaired) electrons. The minimum atomic E-state index is -5.01. The lowest BCUT2D eigenvalue weighted by Gasteiger charge is -2.37. The summed E-state index contributed by atoms with van der Waals surface area (Å²) in [6.07, 6.45) is -2.28. The second kappa shape index (κ2) is 13.0. The second-order valence-electron chi connectivity index (χ2n) is 11.2. The number of rotatable bonds is 7. The van der Waals surface area contributed by atoms with E-state index in [-0.39, 0.29) is 78.7 Å². The Morgan fingerprint density at radius 3 is 2.27 bits per heavy atom. The van der Waals surface area contributed by atoms with Crippen molar-refractivity contribution in [3.8, 4) is 5.75 Å². The van der Waals surface area contributed by atoms with E-state index in [0.717, 1.165) is 0 Å². The number of halogens is 5. The molecule has 1 saturated heterocycles. The van der Waals surface area contributed by atoms with Crippen LogP contribution in [0, 0.1) is 18.6 Å². The van der Waals surface area contributed by atoms with Gasteiger partial charge in [0.15, 0.2) is 22.6 Å². The molecule has 4 aromatic rings. The highest BCUT2D eigenvalue weighted by molar-refractivity contribution is 5.95. The zero-order chi connectivity index (χ0) is 35.1. The first-order valence-corrected chi connectivity index (χ1v) is 14.6. The average molecular weight is 676 g/mol. The second-order valence-corrected chi connectivity index (χ2v) is 11.2. The fourth-order valence-electron chi connectivity index (χ4n) is 5.38. The molecule has 254 valence electrons. The van der Waals surface area contributed by atoms with E-state index in [1.54, 1.807) is 30.8 Å². The topological polar surface area (TPSA) is 150 Å². The van der Waals surface area contributed by atoms with Crippen molar-refractivity contribution >= 4 is 40.2 Å². The summed E-state index contributed by atoms with van der Waals surface area (Å²) in [5.74, 6) is -4.78. The fourth-order valence-corrected chi connectivity index (χ4v) is 5.38. The number of hydrogen-bond donors (Lipinski definition) is 2. The molecule has 2 N–H and O–H groups in total. The zero-order valence-corrected chi connectivity index (χ0v) is 26.2. The van der Waals surface area contributed by atoms with Crippen LogP contribution >= 0.6 is 0 Å². The lowest BCUT2D eigenvalue weighted by atomic mass is 10.1. The number of pyridine rings is 1. The number of hydrogen-bond acceptors (Lipinski definition) is 10. The number of aromatic nitrogens is 5. The van der Waals surface area contributed by atoms with Gasteiger partial charge in [-0.3, -0.25) is 14.4 Å². The number of fused-ring (bicyclic) bond motifs is 1. The first-order chi connectivity index (χ1) is 22.6. The van der Waals surface area contributed by atoms with Crippen LogP contribution < -0.4 is 20.5 Å². The molecular formula is C30H30F5N9O4. The van der Waals surface area contributed by atoms with Gasteiger partial charge >= 0.3 is 6.18 Å². The fraction of sp³-hybridized carbons (Fsp3) is 0.367. The first-order valence-electron chi connectivity index (χ1n) is 14.6. The van der Waals surface area contributed by atoms with Gasteiger partial charge < -0.3 is 29.7 Å². The summed E-state index contributed by atoms with van der Waals surface area (Å²) in [6, 6.07) is 0.157. The summed E-state index contributed by atoms with van der Waals surface area (Å²) >= 11 is 0. The van der Waals surface area contributed by atoms with Crippen molar-refractivity contribution in [1.29, 1.82) is 0 Å². The van der Waals surface area contributed by atoms with Crippen LogP contribution in [0.3, 0.4) is 0 Å². The quantitative estimate of drug-likeness (QED) is 0.280. The van der Waals surface area contributed by atoms with Crippen molar-refractivity contribution in [2.75, 3.05) is 55.4 Å². The lowest BCUT2D eigenvalue weighted by Crippen LogP contribution is -2.50. The van der Waals surface area contributed by atoms with Crippen molar-refractivity contribution in [1.82, 2.24) is 29.4 Å². The molecule has 3 aromatic heterocycles. The Hall–Kier alpha value is -5.42. The van der Waals surface area contributed by atoms with Gasteiger partial charge in [0, 0.05) is 46.0 Å². The molecule has 1 aliphatic rings. The number of aromatic hydroxyl groups is 1. The Kier molecular flexibility index (Phi) is 9.19. The normalized spacial score (nSPS) is 13.6. The van der Waals surface area contributed by atoms with Gasteiger partial charge in [0.2, 0.25) is 11.3 Å². The number of nitrogens with one attached hydrogen (secondary N) is 1. The van der Waals surface area contributed by atoms with Crippen molar-refractivity contribution in [3.63, 3.8) is 0 Å². The molecule has 13 nitrogen and oxygen atoms in total. The SMILES string of the molecule is CCc1c(N2CCN(C(=O)c3ncnc(C)c3O)CC2)c(=O)c2nc(N(C)C)cnc2n1CC(=O)Nc1c(F)cc(C(F)(F)F)cc1F. The maximum atomic E-state index is 14.6. The summed E-state index contributed by atoms with van der Waals surface area (Å²) < 4.78 is 69.6. The number of piperazine rings is 1. The van der Waals surface area contributed by atoms with Crippen LogP contribution in [0.15, 0.2) is 29.5 Å². The third-order valence-electron chi connectivity index (χ3n) is 7.85. The van der Waals surface area contributed by atoms with Crippen molar-refractivity contribution in [3.05, 3.63) is 69.2 Å². The van der Waals surface area contributed by atoms with Gasteiger partial charge in [-0.05, 0) is 25.5 Å². The van der Waals surface area contributed by atoms with Gasteiger partial charge in [-0.2, -0.15) is 13.2 Å². The first kappa shape index (κ1) is 33.9. The maximum Gasteiger partial charge on any atom is 0.416 e. The van der Waals surface area contributed by atoms with E-state index in [0.29, 0.717) is 11.5 Å². The summed E-state index contributed by atoms with van der Waals surface area (Å²) in [4.78, 5) is 61.8. The molecule has 0 spiro atoms. The lowest BCUT2D eigenvalue weighted by molar-refractivity contribution is -0.138. The number of nitrogens with zero attached hydrogens (tertiary/aromatic N) is 8. The van der Waals surface area contributed by atoms with E-state index >= 15 is 0 Å². The van der Waals surface area contributed by atoms with E-state index in [4.69, 9.17) is 0 Å². The average Bonchev–Trinajstić information content (AvgIpc) is 3.04. The van der Waals surface area contributed by atoms with Gasteiger partial charge in [0.25, 0.3) is 5.91 Å². The number of amides is 2. The van der Waals surface area contributed by atoms with Gasteiger partial charge in [-0.25, -0.2) is 28.7 Å². The number of aryl methyl sites for hydroxylation is 1. The van der Waals surface area contributed by atoms with Crippen LogP contribution in [0.5, 0.6) is 5.75 Å². The predicted molar refractivity (Wildman–Crippen MR) is 164 cm³/mol. The van der Waals surface area contributed by atoms with Gasteiger partial charge in [-0.15, -0.1) is 0 Å². The highest BCUT2D eigenvalue weighted by Crippen LogP contribution is 2.33. The summed E-state index contributed by atoms with van der Waals surface area (Å²) in [5, 5.41) is 12.3. The molecule has 0 aliphatic carbocycles. The number of carbonyl (C=O) groups is 2. The van der Waals surface area contributed by atoms with Gasteiger partial charge in [0.1, 0.15) is 41.7 Å². The number of carbonyl (C=O) groups excluding carboxylic acids is 2. The molecule has 0 bridgehead atoms. The van der Waals surface area contributed by atoms with Gasteiger partial charge in [0.05, 0.1) is 17.5 Å². The Balaban J connectivity index is 1.51. The largest absolute Gasteiger partial charge is 0.504 e. The Labute approximate surface area is 269 Å². The number of anilines is 3. The molecule has 1 aliphatic heterocycles. The smallest absolute Gasteiger partial charge is 0.416 e.